The van der Waals surface area contributed by atoms with E-state index in [-0.39, 0.29) is 11.3 Å². The standard InChI is InChI=1S/C19H18F3N3O4/c1-12-8-13(18(26)17(9-12)25(27)28)11-23-15-10-14(19(20,21)22)2-3-16(15)24-4-6-29-7-5-24/h2-3,8-11,26H,4-7H2,1H3. The summed E-state index contributed by atoms with van der Waals surface area (Å²) in [7, 11) is 0. The normalized spacial score (nSPS) is 15.1. The van der Waals surface area contributed by atoms with Crippen LogP contribution in [0.25, 0.3) is 0 Å². The number of nitro groups is 1. The highest BCUT2D eigenvalue weighted by Gasteiger charge is 2.31. The van der Waals surface area contributed by atoms with Crippen LogP contribution in [0, 0.1) is 17.0 Å². The van der Waals surface area contributed by atoms with Crippen molar-refractivity contribution in [1.29, 1.82) is 0 Å². The number of phenols is 1. The Labute approximate surface area is 164 Å². The Morgan fingerprint density at radius 1 is 1.24 bits per heavy atom. The number of benzene rings is 2. The first-order chi connectivity index (χ1) is 13.7. The van der Waals surface area contributed by atoms with Crippen LogP contribution in [0.4, 0.5) is 30.2 Å². The number of hydrogen-bond acceptors (Lipinski definition) is 6. The number of anilines is 1. The van der Waals surface area contributed by atoms with Crippen molar-refractivity contribution in [2.24, 2.45) is 4.99 Å². The highest BCUT2D eigenvalue weighted by atomic mass is 19.4. The van der Waals surface area contributed by atoms with Crippen molar-refractivity contribution in [3.63, 3.8) is 0 Å². The van der Waals surface area contributed by atoms with E-state index in [2.05, 4.69) is 4.99 Å². The van der Waals surface area contributed by atoms with E-state index in [1.165, 1.54) is 18.2 Å². The van der Waals surface area contributed by atoms with Crippen molar-refractivity contribution < 1.29 is 27.9 Å². The van der Waals surface area contributed by atoms with Crippen LogP contribution < -0.4 is 4.90 Å². The number of alkyl halides is 3. The summed E-state index contributed by atoms with van der Waals surface area (Å²) < 4.78 is 44.8. The van der Waals surface area contributed by atoms with Crippen LogP contribution in [0.15, 0.2) is 35.3 Å². The molecule has 1 aliphatic heterocycles. The maximum Gasteiger partial charge on any atom is 0.416 e. The molecule has 0 amide bonds. The minimum atomic E-state index is -4.54. The van der Waals surface area contributed by atoms with Crippen LogP contribution >= 0.6 is 0 Å². The molecule has 0 aliphatic carbocycles. The summed E-state index contributed by atoms with van der Waals surface area (Å²) in [6.45, 7) is 3.47. The van der Waals surface area contributed by atoms with Crippen LogP contribution in [-0.4, -0.2) is 42.5 Å². The molecule has 0 saturated carbocycles. The Bertz CT molecular complexity index is 954. The number of phenolic OH excluding ortho intramolecular Hbond substituents is 1. The Balaban J connectivity index is 2.06. The molecular formula is C19H18F3N3O4. The number of rotatable bonds is 4. The second-order valence-corrected chi connectivity index (χ2v) is 6.54. The summed E-state index contributed by atoms with van der Waals surface area (Å²) in [5.74, 6) is -0.593. The highest BCUT2D eigenvalue weighted by molar-refractivity contribution is 5.89. The minimum absolute atomic E-state index is 0.0436. The van der Waals surface area contributed by atoms with Crippen molar-refractivity contribution in [2.45, 2.75) is 13.1 Å². The van der Waals surface area contributed by atoms with Crippen molar-refractivity contribution >= 4 is 23.3 Å². The zero-order valence-electron chi connectivity index (χ0n) is 15.4. The number of nitro benzene ring substituents is 1. The van der Waals surface area contributed by atoms with E-state index in [9.17, 15) is 28.4 Å². The number of morpholine rings is 1. The van der Waals surface area contributed by atoms with Gasteiger partial charge in [-0.15, -0.1) is 0 Å². The molecule has 3 rings (SSSR count). The van der Waals surface area contributed by atoms with Crippen molar-refractivity contribution in [3.8, 4) is 5.75 Å². The lowest BCUT2D eigenvalue weighted by Gasteiger charge is -2.30. The molecule has 1 aliphatic rings. The number of hydrogen-bond donors (Lipinski definition) is 1. The van der Waals surface area contributed by atoms with E-state index >= 15 is 0 Å². The van der Waals surface area contributed by atoms with E-state index in [1.807, 2.05) is 4.90 Å². The molecule has 2 aromatic carbocycles. The van der Waals surface area contributed by atoms with Crippen LogP contribution in [-0.2, 0) is 10.9 Å². The number of halogens is 3. The lowest BCUT2D eigenvalue weighted by Crippen LogP contribution is -2.36. The third kappa shape index (κ3) is 4.65. The quantitative estimate of drug-likeness (QED) is 0.464. The van der Waals surface area contributed by atoms with Gasteiger partial charge in [-0.2, -0.15) is 13.2 Å². The van der Waals surface area contributed by atoms with Gasteiger partial charge in [0.05, 0.1) is 35.1 Å². The summed E-state index contributed by atoms with van der Waals surface area (Å²) in [4.78, 5) is 16.3. The fourth-order valence-electron chi connectivity index (χ4n) is 3.04. The first-order valence-electron chi connectivity index (χ1n) is 8.73. The zero-order valence-corrected chi connectivity index (χ0v) is 15.4. The van der Waals surface area contributed by atoms with Crippen molar-refractivity contribution in [2.75, 3.05) is 31.2 Å². The molecular weight excluding hydrogens is 391 g/mol. The van der Waals surface area contributed by atoms with E-state index < -0.39 is 28.1 Å². The fraction of sp³-hybridized carbons (Fsp3) is 0.316. The predicted octanol–water partition coefficient (Wildman–Crippen LogP) is 4.21. The van der Waals surface area contributed by atoms with Gasteiger partial charge < -0.3 is 14.7 Å². The van der Waals surface area contributed by atoms with Gasteiger partial charge in [0.25, 0.3) is 0 Å². The number of aromatic hydroxyl groups is 1. The lowest BCUT2D eigenvalue weighted by atomic mass is 10.1. The topological polar surface area (TPSA) is 88.2 Å². The Morgan fingerprint density at radius 3 is 2.55 bits per heavy atom. The summed E-state index contributed by atoms with van der Waals surface area (Å²) >= 11 is 0. The maximum absolute atomic E-state index is 13.2. The van der Waals surface area contributed by atoms with Crippen LogP contribution in [0.1, 0.15) is 16.7 Å². The summed E-state index contributed by atoms with van der Waals surface area (Å²) in [5.41, 5.74) is -0.273. The molecule has 29 heavy (non-hydrogen) atoms. The third-order valence-electron chi connectivity index (χ3n) is 4.46. The Kier molecular flexibility index (Phi) is 5.73. The minimum Gasteiger partial charge on any atom is -0.502 e. The summed E-state index contributed by atoms with van der Waals surface area (Å²) in [6.07, 6.45) is -3.41. The number of ether oxygens (including phenoxy) is 1. The average Bonchev–Trinajstić information content (AvgIpc) is 2.68. The van der Waals surface area contributed by atoms with E-state index in [1.54, 1.807) is 6.92 Å². The largest absolute Gasteiger partial charge is 0.502 e. The van der Waals surface area contributed by atoms with Gasteiger partial charge in [0.2, 0.25) is 5.75 Å². The third-order valence-corrected chi connectivity index (χ3v) is 4.46. The Hall–Kier alpha value is -3.14. The van der Waals surface area contributed by atoms with Crippen LogP contribution in [0.5, 0.6) is 5.75 Å². The van der Waals surface area contributed by atoms with E-state index in [0.717, 1.165) is 18.3 Å². The second kappa shape index (κ2) is 8.08. The number of aliphatic imine (C=N–C) groups is 1. The molecule has 0 aromatic heterocycles. The van der Waals surface area contributed by atoms with Gasteiger partial charge in [-0.1, -0.05) is 0 Å². The van der Waals surface area contributed by atoms with Gasteiger partial charge in [-0.05, 0) is 36.8 Å². The molecule has 10 heteroatoms. The van der Waals surface area contributed by atoms with Gasteiger partial charge in [-0.3, -0.25) is 15.1 Å². The zero-order chi connectivity index (χ0) is 21.2. The first-order valence-corrected chi connectivity index (χ1v) is 8.73. The van der Waals surface area contributed by atoms with Crippen molar-refractivity contribution in [1.82, 2.24) is 0 Å². The molecule has 2 aromatic rings. The van der Waals surface area contributed by atoms with Gasteiger partial charge >= 0.3 is 11.9 Å². The molecule has 0 bridgehead atoms. The number of aryl methyl sites for hydroxylation is 1. The summed E-state index contributed by atoms with van der Waals surface area (Å²) in [5, 5.41) is 21.2. The first kappa shape index (κ1) is 20.6. The Morgan fingerprint density at radius 2 is 1.93 bits per heavy atom. The van der Waals surface area contributed by atoms with E-state index in [0.29, 0.717) is 37.6 Å². The molecule has 1 heterocycles. The molecule has 154 valence electrons. The monoisotopic (exact) mass is 409 g/mol. The van der Waals surface area contributed by atoms with Gasteiger partial charge in [0.1, 0.15) is 0 Å². The van der Waals surface area contributed by atoms with E-state index in [4.69, 9.17) is 4.74 Å². The SMILES string of the molecule is Cc1cc(C=Nc2cc(C(F)(F)F)ccc2N2CCOCC2)c(O)c([N+](=O)[O-])c1. The predicted molar refractivity (Wildman–Crippen MR) is 101 cm³/mol. The second-order valence-electron chi connectivity index (χ2n) is 6.54. The molecule has 0 unspecified atom stereocenters. The average molecular weight is 409 g/mol. The fourth-order valence-corrected chi connectivity index (χ4v) is 3.04. The maximum atomic E-state index is 13.2. The lowest BCUT2D eigenvalue weighted by molar-refractivity contribution is -0.385. The smallest absolute Gasteiger partial charge is 0.416 e. The molecule has 7 nitrogen and oxygen atoms in total. The molecule has 1 N–H and O–H groups in total. The van der Waals surface area contributed by atoms with Gasteiger partial charge in [0.15, 0.2) is 0 Å². The van der Waals surface area contributed by atoms with Gasteiger partial charge in [0, 0.05) is 30.9 Å². The molecule has 0 spiro atoms. The molecule has 1 fully saturated rings. The molecule has 1 saturated heterocycles. The van der Waals surface area contributed by atoms with Gasteiger partial charge in [-0.25, -0.2) is 0 Å². The van der Waals surface area contributed by atoms with Crippen molar-refractivity contribution in [3.05, 3.63) is 57.1 Å². The molecule has 0 atom stereocenters. The van der Waals surface area contributed by atoms with Crippen LogP contribution in [0.2, 0.25) is 0 Å². The number of nitrogens with zero attached hydrogens (tertiary/aromatic N) is 3. The molecule has 0 radical (unpaired) electrons. The highest BCUT2D eigenvalue weighted by Crippen LogP contribution is 2.37. The van der Waals surface area contributed by atoms with Crippen LogP contribution in [0.3, 0.4) is 0 Å². The summed E-state index contributed by atoms with van der Waals surface area (Å²) in [6, 6.07) is 5.92.